The minimum atomic E-state index is -0.417. The quantitative estimate of drug-likeness (QED) is 0.489. The number of nitrogens with zero attached hydrogens (tertiary/aromatic N) is 2. The van der Waals surface area contributed by atoms with Crippen molar-refractivity contribution in [2.24, 2.45) is 4.99 Å². The van der Waals surface area contributed by atoms with Crippen LogP contribution in [0, 0.1) is 20.8 Å². The maximum Gasteiger partial charge on any atom is 0.341 e. The van der Waals surface area contributed by atoms with E-state index < -0.39 is 5.97 Å². The van der Waals surface area contributed by atoms with Crippen molar-refractivity contribution in [3.8, 4) is 0 Å². The summed E-state index contributed by atoms with van der Waals surface area (Å²) in [6.45, 7) is 6.28. The first-order valence-electron chi connectivity index (χ1n) is 7.49. The molecule has 0 saturated heterocycles. The van der Waals surface area contributed by atoms with Crippen molar-refractivity contribution < 1.29 is 18.4 Å². The minimum Gasteiger partial charge on any atom is -0.465 e. The Balaban J connectivity index is 1.91. The van der Waals surface area contributed by atoms with Gasteiger partial charge in [-0.2, -0.15) is 0 Å². The Labute approximate surface area is 140 Å². The molecule has 0 spiro atoms. The molecule has 0 bridgehead atoms. The van der Waals surface area contributed by atoms with Gasteiger partial charge in [0.05, 0.1) is 25.9 Å². The molecule has 0 atom stereocenters. The highest BCUT2D eigenvalue weighted by molar-refractivity contribution is 5.90. The summed E-state index contributed by atoms with van der Waals surface area (Å²) >= 11 is 0. The Morgan fingerprint density at radius 3 is 2.50 bits per heavy atom. The second-order valence-electron chi connectivity index (χ2n) is 5.20. The standard InChI is InChI=1S/C16H22N4O4/c1-9-10(2)24-14(20-9)8-19-16(17-4)18-7-12-6-13(11(3)23-12)15(21)22-5/h6H,7-8H2,1-5H3,(H2,17,18,19). The van der Waals surface area contributed by atoms with Gasteiger partial charge in [-0.05, 0) is 26.8 Å². The zero-order valence-corrected chi connectivity index (χ0v) is 14.5. The predicted molar refractivity (Wildman–Crippen MR) is 87.8 cm³/mol. The molecule has 24 heavy (non-hydrogen) atoms. The van der Waals surface area contributed by atoms with E-state index in [9.17, 15) is 4.79 Å². The van der Waals surface area contributed by atoms with E-state index >= 15 is 0 Å². The summed E-state index contributed by atoms with van der Waals surface area (Å²) in [5.74, 6) is 2.67. The van der Waals surface area contributed by atoms with Crippen LogP contribution in [0.5, 0.6) is 0 Å². The lowest BCUT2D eigenvalue weighted by Crippen LogP contribution is -2.36. The predicted octanol–water partition coefficient (Wildman–Crippen LogP) is 1.84. The molecule has 130 valence electrons. The average molecular weight is 334 g/mol. The fourth-order valence-electron chi connectivity index (χ4n) is 2.11. The van der Waals surface area contributed by atoms with Crippen LogP contribution in [0.15, 0.2) is 19.9 Å². The van der Waals surface area contributed by atoms with Crippen LogP contribution >= 0.6 is 0 Å². The number of oxazole rings is 1. The van der Waals surface area contributed by atoms with Gasteiger partial charge in [-0.3, -0.25) is 4.99 Å². The van der Waals surface area contributed by atoms with Crippen LogP contribution in [-0.2, 0) is 17.8 Å². The third-order valence-corrected chi connectivity index (χ3v) is 3.51. The van der Waals surface area contributed by atoms with Gasteiger partial charge < -0.3 is 24.2 Å². The second-order valence-corrected chi connectivity index (χ2v) is 5.20. The van der Waals surface area contributed by atoms with E-state index in [1.54, 1.807) is 20.0 Å². The molecule has 2 N–H and O–H groups in total. The number of hydrogen-bond acceptors (Lipinski definition) is 6. The van der Waals surface area contributed by atoms with Gasteiger partial charge in [0.15, 0.2) is 5.96 Å². The molecule has 0 saturated carbocycles. The SMILES string of the molecule is CN=C(NCc1cc(C(=O)OC)c(C)o1)NCc1nc(C)c(C)o1. The van der Waals surface area contributed by atoms with Gasteiger partial charge in [-0.25, -0.2) is 9.78 Å². The van der Waals surface area contributed by atoms with Gasteiger partial charge in [-0.1, -0.05) is 0 Å². The van der Waals surface area contributed by atoms with E-state index in [2.05, 4.69) is 20.6 Å². The summed E-state index contributed by atoms with van der Waals surface area (Å²) in [4.78, 5) is 20.0. The number of furan rings is 1. The molecule has 0 aromatic carbocycles. The number of esters is 1. The average Bonchev–Trinajstić information content (AvgIpc) is 3.09. The van der Waals surface area contributed by atoms with Crippen LogP contribution in [0.1, 0.15) is 39.2 Å². The lowest BCUT2D eigenvalue weighted by Gasteiger charge is -2.09. The first-order valence-corrected chi connectivity index (χ1v) is 7.49. The van der Waals surface area contributed by atoms with Crippen molar-refractivity contribution in [3.63, 3.8) is 0 Å². The van der Waals surface area contributed by atoms with Gasteiger partial charge in [0.2, 0.25) is 5.89 Å². The van der Waals surface area contributed by atoms with Gasteiger partial charge in [0, 0.05) is 7.05 Å². The van der Waals surface area contributed by atoms with Crippen molar-refractivity contribution in [2.75, 3.05) is 14.2 Å². The summed E-state index contributed by atoms with van der Waals surface area (Å²) in [5, 5.41) is 6.20. The number of nitrogens with one attached hydrogen (secondary N) is 2. The number of aliphatic imine (C=N–C) groups is 1. The Kier molecular flexibility index (Phi) is 5.62. The largest absolute Gasteiger partial charge is 0.465 e. The third kappa shape index (κ3) is 4.15. The van der Waals surface area contributed by atoms with Gasteiger partial charge >= 0.3 is 5.97 Å². The molecule has 0 aliphatic heterocycles. The lowest BCUT2D eigenvalue weighted by molar-refractivity contribution is 0.0599. The summed E-state index contributed by atoms with van der Waals surface area (Å²) in [6.07, 6.45) is 0. The number of carbonyl (C=O) groups excluding carboxylic acids is 1. The third-order valence-electron chi connectivity index (χ3n) is 3.51. The van der Waals surface area contributed by atoms with Crippen LogP contribution in [0.4, 0.5) is 0 Å². The number of ether oxygens (including phenoxy) is 1. The molecule has 8 nitrogen and oxygen atoms in total. The van der Waals surface area contributed by atoms with E-state index in [1.807, 2.05) is 13.8 Å². The Hall–Kier alpha value is -2.77. The minimum absolute atomic E-state index is 0.376. The first kappa shape index (κ1) is 17.6. The van der Waals surface area contributed by atoms with Gasteiger partial charge in [0.1, 0.15) is 22.8 Å². The highest BCUT2D eigenvalue weighted by Crippen LogP contribution is 2.15. The van der Waals surface area contributed by atoms with Crippen LogP contribution in [0.25, 0.3) is 0 Å². The fourth-order valence-corrected chi connectivity index (χ4v) is 2.11. The van der Waals surface area contributed by atoms with Gasteiger partial charge in [-0.15, -0.1) is 0 Å². The number of methoxy groups -OCH3 is 1. The summed E-state index contributed by atoms with van der Waals surface area (Å²) in [6, 6.07) is 1.66. The Morgan fingerprint density at radius 2 is 1.92 bits per heavy atom. The Morgan fingerprint density at radius 1 is 1.21 bits per heavy atom. The molecule has 2 aromatic rings. The molecular weight excluding hydrogens is 312 g/mol. The lowest BCUT2D eigenvalue weighted by atomic mass is 10.2. The maximum atomic E-state index is 11.6. The molecule has 2 rings (SSSR count). The monoisotopic (exact) mass is 334 g/mol. The van der Waals surface area contributed by atoms with Crippen LogP contribution in [-0.4, -0.2) is 31.1 Å². The normalized spacial score (nSPS) is 11.5. The fraction of sp³-hybridized carbons (Fsp3) is 0.438. The molecule has 2 heterocycles. The first-order chi connectivity index (χ1) is 11.4. The number of rotatable bonds is 5. The summed E-state index contributed by atoms with van der Waals surface area (Å²) in [7, 11) is 3.00. The zero-order valence-electron chi connectivity index (χ0n) is 14.5. The van der Waals surface area contributed by atoms with Gasteiger partial charge in [0.25, 0.3) is 0 Å². The molecule has 2 aromatic heterocycles. The highest BCUT2D eigenvalue weighted by Gasteiger charge is 2.15. The van der Waals surface area contributed by atoms with Crippen molar-refractivity contribution in [1.82, 2.24) is 15.6 Å². The summed E-state index contributed by atoms with van der Waals surface area (Å²) in [5.41, 5.74) is 1.29. The van der Waals surface area contributed by atoms with E-state index in [0.29, 0.717) is 42.0 Å². The molecule has 8 heteroatoms. The molecule has 0 unspecified atom stereocenters. The molecule has 0 fully saturated rings. The number of hydrogen-bond donors (Lipinski definition) is 2. The van der Waals surface area contributed by atoms with E-state index in [-0.39, 0.29) is 0 Å². The van der Waals surface area contributed by atoms with Crippen molar-refractivity contribution >= 4 is 11.9 Å². The van der Waals surface area contributed by atoms with E-state index in [4.69, 9.17) is 13.6 Å². The molecule has 0 amide bonds. The molecule has 0 radical (unpaired) electrons. The topological polar surface area (TPSA) is 102 Å². The van der Waals surface area contributed by atoms with E-state index in [0.717, 1.165) is 11.5 Å². The zero-order chi connectivity index (χ0) is 17.7. The Bertz CT molecular complexity index is 726. The van der Waals surface area contributed by atoms with E-state index in [1.165, 1.54) is 7.11 Å². The molecule has 0 aliphatic rings. The number of guanidine groups is 1. The molecule has 0 aliphatic carbocycles. The number of aromatic nitrogens is 1. The summed E-state index contributed by atoms with van der Waals surface area (Å²) < 4.78 is 15.7. The van der Waals surface area contributed by atoms with Crippen molar-refractivity contribution in [1.29, 1.82) is 0 Å². The number of aryl methyl sites for hydroxylation is 3. The highest BCUT2D eigenvalue weighted by atomic mass is 16.5. The maximum absolute atomic E-state index is 11.6. The smallest absolute Gasteiger partial charge is 0.341 e. The van der Waals surface area contributed by atoms with Crippen molar-refractivity contribution in [3.05, 3.63) is 40.5 Å². The van der Waals surface area contributed by atoms with Crippen molar-refractivity contribution in [2.45, 2.75) is 33.9 Å². The van der Waals surface area contributed by atoms with Crippen LogP contribution in [0.2, 0.25) is 0 Å². The second kappa shape index (κ2) is 7.67. The molecular formula is C16H22N4O4. The number of carbonyl (C=O) groups is 1. The van der Waals surface area contributed by atoms with Crippen LogP contribution in [0.3, 0.4) is 0 Å². The van der Waals surface area contributed by atoms with Crippen LogP contribution < -0.4 is 10.6 Å².